The van der Waals surface area contributed by atoms with Gasteiger partial charge in [0.05, 0.1) is 0 Å². The number of rotatable bonds is 4. The Labute approximate surface area is 133 Å². The molecule has 0 saturated carbocycles. The lowest BCUT2D eigenvalue weighted by molar-refractivity contribution is -0.118. The molecule has 0 aromatic heterocycles. The Morgan fingerprint density at radius 3 is 2.45 bits per heavy atom. The van der Waals surface area contributed by atoms with Gasteiger partial charge in [-0.15, -0.1) is 0 Å². The first-order valence-electron chi connectivity index (χ1n) is 6.88. The maximum Gasteiger partial charge on any atom is 0.262 e. The van der Waals surface area contributed by atoms with Gasteiger partial charge in [-0.2, -0.15) is 0 Å². The van der Waals surface area contributed by atoms with Crippen LogP contribution in [0.4, 0.5) is 5.69 Å². The fraction of sp³-hybridized carbons (Fsp3) is 0.0556. The second-order valence-electron chi connectivity index (χ2n) is 4.85. The zero-order valence-electron chi connectivity index (χ0n) is 11.8. The lowest BCUT2D eigenvalue weighted by atomic mass is 10.1. The lowest BCUT2D eigenvalue weighted by Crippen LogP contribution is -2.20. The molecule has 3 aromatic rings. The minimum absolute atomic E-state index is 0.0407. The molecule has 22 heavy (non-hydrogen) atoms. The van der Waals surface area contributed by atoms with E-state index in [1.807, 2.05) is 42.5 Å². The van der Waals surface area contributed by atoms with Gasteiger partial charge in [-0.05, 0) is 47.2 Å². The van der Waals surface area contributed by atoms with Crippen molar-refractivity contribution in [1.82, 2.24) is 0 Å². The molecule has 0 aliphatic rings. The van der Waals surface area contributed by atoms with Gasteiger partial charge in [-0.3, -0.25) is 4.79 Å². The van der Waals surface area contributed by atoms with Crippen molar-refractivity contribution in [2.24, 2.45) is 0 Å². The van der Waals surface area contributed by atoms with Gasteiger partial charge in [0, 0.05) is 10.7 Å². The molecule has 0 heterocycles. The molecule has 0 atom stereocenters. The van der Waals surface area contributed by atoms with Gasteiger partial charge in [-0.25, -0.2) is 0 Å². The quantitative estimate of drug-likeness (QED) is 0.770. The molecule has 1 N–H and O–H groups in total. The molecule has 4 heteroatoms. The first-order valence-corrected chi connectivity index (χ1v) is 7.25. The van der Waals surface area contributed by atoms with Crippen molar-refractivity contribution in [1.29, 1.82) is 0 Å². The molecule has 3 aromatic carbocycles. The van der Waals surface area contributed by atoms with E-state index in [1.165, 1.54) is 0 Å². The van der Waals surface area contributed by atoms with Crippen LogP contribution in [0.5, 0.6) is 5.75 Å². The summed E-state index contributed by atoms with van der Waals surface area (Å²) in [6, 6.07) is 20.7. The monoisotopic (exact) mass is 311 g/mol. The number of fused-ring (bicyclic) bond motifs is 1. The largest absolute Gasteiger partial charge is 0.484 e. The Kier molecular flexibility index (Phi) is 4.26. The predicted octanol–water partition coefficient (Wildman–Crippen LogP) is 4.51. The van der Waals surface area contributed by atoms with E-state index < -0.39 is 0 Å². The molecule has 0 radical (unpaired) electrons. The number of nitrogens with one attached hydrogen (secondary N) is 1. The Morgan fingerprint density at radius 2 is 1.68 bits per heavy atom. The van der Waals surface area contributed by atoms with Crippen molar-refractivity contribution >= 4 is 34.0 Å². The van der Waals surface area contributed by atoms with Crippen LogP contribution in [0, 0.1) is 0 Å². The normalized spacial score (nSPS) is 10.4. The predicted molar refractivity (Wildman–Crippen MR) is 89.5 cm³/mol. The summed E-state index contributed by atoms with van der Waals surface area (Å²) >= 11 is 5.80. The first kappa shape index (κ1) is 14.4. The van der Waals surface area contributed by atoms with Crippen molar-refractivity contribution in [2.45, 2.75) is 0 Å². The third-order valence-electron chi connectivity index (χ3n) is 3.22. The molecular formula is C18H14ClNO2. The molecule has 0 fully saturated rings. The average molecular weight is 312 g/mol. The second-order valence-corrected chi connectivity index (χ2v) is 5.29. The summed E-state index contributed by atoms with van der Waals surface area (Å²) in [5.74, 6) is 0.459. The van der Waals surface area contributed by atoms with Crippen LogP contribution in [-0.4, -0.2) is 12.5 Å². The van der Waals surface area contributed by atoms with E-state index in [0.29, 0.717) is 16.5 Å². The van der Waals surface area contributed by atoms with Crippen LogP contribution in [0.1, 0.15) is 0 Å². The Hall–Kier alpha value is -2.52. The van der Waals surface area contributed by atoms with Crippen LogP contribution >= 0.6 is 11.6 Å². The van der Waals surface area contributed by atoms with Gasteiger partial charge < -0.3 is 10.1 Å². The summed E-state index contributed by atoms with van der Waals surface area (Å²) in [6.45, 7) is -0.0407. The molecule has 3 rings (SSSR count). The zero-order chi connectivity index (χ0) is 15.4. The molecule has 0 aliphatic carbocycles. The molecular weight excluding hydrogens is 298 g/mol. The number of ether oxygens (including phenoxy) is 1. The zero-order valence-corrected chi connectivity index (χ0v) is 12.5. The van der Waals surface area contributed by atoms with Crippen LogP contribution in [0.3, 0.4) is 0 Å². The Bertz CT molecular complexity index is 800. The van der Waals surface area contributed by atoms with E-state index in [-0.39, 0.29) is 12.5 Å². The third-order valence-corrected chi connectivity index (χ3v) is 3.47. The highest BCUT2D eigenvalue weighted by molar-refractivity contribution is 6.30. The summed E-state index contributed by atoms with van der Waals surface area (Å²) < 4.78 is 5.53. The molecule has 0 saturated heterocycles. The number of carbonyl (C=O) groups is 1. The van der Waals surface area contributed by atoms with E-state index in [1.54, 1.807) is 24.3 Å². The van der Waals surface area contributed by atoms with Gasteiger partial charge in [0.1, 0.15) is 5.75 Å². The van der Waals surface area contributed by atoms with Gasteiger partial charge in [-0.1, -0.05) is 41.9 Å². The smallest absolute Gasteiger partial charge is 0.262 e. The minimum Gasteiger partial charge on any atom is -0.484 e. The average Bonchev–Trinajstić information content (AvgIpc) is 2.55. The van der Waals surface area contributed by atoms with Crippen LogP contribution < -0.4 is 10.1 Å². The second kappa shape index (κ2) is 6.50. The van der Waals surface area contributed by atoms with E-state index in [4.69, 9.17) is 16.3 Å². The number of carbonyl (C=O) groups excluding carboxylic acids is 1. The summed E-state index contributed by atoms with van der Waals surface area (Å²) in [5, 5.41) is 5.60. The molecule has 0 aliphatic heterocycles. The first-order chi connectivity index (χ1) is 10.7. The van der Waals surface area contributed by atoms with Crippen LogP contribution in [0.15, 0.2) is 66.7 Å². The number of anilines is 1. The van der Waals surface area contributed by atoms with E-state index in [9.17, 15) is 4.79 Å². The number of hydrogen-bond donors (Lipinski definition) is 1. The summed E-state index contributed by atoms with van der Waals surface area (Å²) in [7, 11) is 0. The maximum absolute atomic E-state index is 11.9. The third kappa shape index (κ3) is 3.57. The van der Waals surface area contributed by atoms with Crippen molar-refractivity contribution in [3.05, 3.63) is 71.8 Å². The van der Waals surface area contributed by atoms with Gasteiger partial charge in [0.15, 0.2) is 6.61 Å². The van der Waals surface area contributed by atoms with Crippen molar-refractivity contribution < 1.29 is 9.53 Å². The number of benzene rings is 3. The van der Waals surface area contributed by atoms with Gasteiger partial charge in [0.25, 0.3) is 5.91 Å². The topological polar surface area (TPSA) is 38.3 Å². The van der Waals surface area contributed by atoms with E-state index >= 15 is 0 Å². The van der Waals surface area contributed by atoms with Gasteiger partial charge in [0.2, 0.25) is 0 Å². The molecule has 0 spiro atoms. The molecule has 0 bridgehead atoms. The summed E-state index contributed by atoms with van der Waals surface area (Å²) in [5.41, 5.74) is 0.691. The van der Waals surface area contributed by atoms with E-state index in [2.05, 4.69) is 5.32 Å². The number of hydrogen-bond acceptors (Lipinski definition) is 2. The Balaban J connectivity index is 1.60. The Morgan fingerprint density at radius 1 is 0.955 bits per heavy atom. The SMILES string of the molecule is O=C(COc1ccc2ccccc2c1)Nc1ccc(Cl)cc1. The highest BCUT2D eigenvalue weighted by atomic mass is 35.5. The number of amides is 1. The fourth-order valence-electron chi connectivity index (χ4n) is 2.14. The van der Waals surface area contributed by atoms with E-state index in [0.717, 1.165) is 10.8 Å². The summed E-state index contributed by atoms with van der Waals surface area (Å²) in [4.78, 5) is 11.9. The summed E-state index contributed by atoms with van der Waals surface area (Å²) in [6.07, 6.45) is 0. The molecule has 3 nitrogen and oxygen atoms in total. The van der Waals surface area contributed by atoms with Crippen LogP contribution in [0.2, 0.25) is 5.02 Å². The molecule has 110 valence electrons. The fourth-order valence-corrected chi connectivity index (χ4v) is 2.26. The van der Waals surface area contributed by atoms with Crippen molar-refractivity contribution in [3.63, 3.8) is 0 Å². The highest BCUT2D eigenvalue weighted by Gasteiger charge is 2.04. The van der Waals surface area contributed by atoms with Crippen molar-refractivity contribution in [3.8, 4) is 5.75 Å². The highest BCUT2D eigenvalue weighted by Crippen LogP contribution is 2.20. The standard InChI is InChI=1S/C18H14ClNO2/c19-15-6-8-16(9-7-15)20-18(21)12-22-17-10-5-13-3-1-2-4-14(13)11-17/h1-11H,12H2,(H,20,21). The maximum atomic E-state index is 11.9. The lowest BCUT2D eigenvalue weighted by Gasteiger charge is -2.08. The number of halogens is 1. The molecule has 1 amide bonds. The van der Waals surface area contributed by atoms with Crippen LogP contribution in [0.25, 0.3) is 10.8 Å². The van der Waals surface area contributed by atoms with Gasteiger partial charge >= 0.3 is 0 Å². The molecule has 0 unspecified atom stereocenters. The van der Waals surface area contributed by atoms with Crippen molar-refractivity contribution in [2.75, 3.05) is 11.9 Å². The van der Waals surface area contributed by atoms with Crippen LogP contribution in [-0.2, 0) is 4.79 Å². The minimum atomic E-state index is -0.213.